The molecule has 1 aliphatic carbocycles. The molecule has 0 spiro atoms. The fourth-order valence-electron chi connectivity index (χ4n) is 2.86. The molecule has 1 aromatic carbocycles. The van der Waals surface area contributed by atoms with Gasteiger partial charge in [0.25, 0.3) is 0 Å². The van der Waals surface area contributed by atoms with Gasteiger partial charge in [-0.05, 0) is 26.5 Å². The van der Waals surface area contributed by atoms with E-state index in [1.165, 1.54) is 0 Å². The minimum Gasteiger partial charge on any atom is -0.343 e. The first kappa shape index (κ1) is 14.0. The quantitative estimate of drug-likeness (QED) is 0.921. The SMILES string of the molecule is C=C(NC1=NC=NC2C1C2N(C)C(C)C)c1ccccc1. The van der Waals surface area contributed by atoms with Crippen LogP contribution in [-0.4, -0.2) is 42.2 Å². The van der Waals surface area contributed by atoms with Crippen LogP contribution < -0.4 is 5.32 Å². The van der Waals surface area contributed by atoms with Crippen molar-refractivity contribution in [3.8, 4) is 0 Å². The van der Waals surface area contributed by atoms with Crippen LogP contribution in [0.4, 0.5) is 0 Å². The highest BCUT2D eigenvalue weighted by atomic mass is 15.3. The highest BCUT2D eigenvalue weighted by Gasteiger charge is 2.57. The highest BCUT2D eigenvalue weighted by molar-refractivity contribution is 6.00. The van der Waals surface area contributed by atoms with Crippen molar-refractivity contribution in [2.45, 2.75) is 32.0 Å². The zero-order valence-electron chi connectivity index (χ0n) is 12.8. The van der Waals surface area contributed by atoms with E-state index in [4.69, 9.17) is 0 Å². The molecular weight excluding hydrogens is 260 g/mol. The molecule has 3 atom stereocenters. The van der Waals surface area contributed by atoms with Crippen LogP contribution in [-0.2, 0) is 0 Å². The van der Waals surface area contributed by atoms with Gasteiger partial charge in [0.15, 0.2) is 0 Å². The van der Waals surface area contributed by atoms with E-state index < -0.39 is 0 Å². The van der Waals surface area contributed by atoms with E-state index in [2.05, 4.69) is 59.8 Å². The van der Waals surface area contributed by atoms with Crippen molar-refractivity contribution in [2.24, 2.45) is 15.9 Å². The summed E-state index contributed by atoms with van der Waals surface area (Å²) in [5, 5.41) is 3.39. The Morgan fingerprint density at radius 1 is 1.29 bits per heavy atom. The Morgan fingerprint density at radius 2 is 2.00 bits per heavy atom. The number of hydrogen-bond acceptors (Lipinski definition) is 4. The first-order valence-electron chi connectivity index (χ1n) is 7.42. The minimum absolute atomic E-state index is 0.334. The van der Waals surface area contributed by atoms with Gasteiger partial charge in [-0.15, -0.1) is 0 Å². The number of amidine groups is 1. The van der Waals surface area contributed by atoms with Crippen molar-refractivity contribution in [1.29, 1.82) is 0 Å². The third-order valence-corrected chi connectivity index (χ3v) is 4.38. The lowest BCUT2D eigenvalue weighted by molar-refractivity contribution is 0.255. The Hall–Kier alpha value is -1.94. The first-order chi connectivity index (χ1) is 10.1. The van der Waals surface area contributed by atoms with Crippen molar-refractivity contribution >= 4 is 17.9 Å². The Balaban J connectivity index is 1.71. The number of rotatable bonds is 4. The molecule has 0 bridgehead atoms. The normalized spacial score (nSPS) is 26.5. The summed E-state index contributed by atoms with van der Waals surface area (Å²) in [4.78, 5) is 11.3. The van der Waals surface area contributed by atoms with Crippen molar-refractivity contribution in [3.05, 3.63) is 42.5 Å². The molecule has 0 saturated heterocycles. The molecule has 0 radical (unpaired) electrons. The summed E-state index contributed by atoms with van der Waals surface area (Å²) in [6, 6.07) is 11.4. The molecule has 1 saturated carbocycles. The predicted molar refractivity (Wildman–Crippen MR) is 88.5 cm³/mol. The van der Waals surface area contributed by atoms with Crippen molar-refractivity contribution in [2.75, 3.05) is 7.05 Å². The molecule has 1 aliphatic heterocycles. The second-order valence-electron chi connectivity index (χ2n) is 6.01. The van der Waals surface area contributed by atoms with Gasteiger partial charge in [0.05, 0.1) is 12.0 Å². The lowest BCUT2D eigenvalue weighted by atomic mass is 10.1. The first-order valence-corrected chi connectivity index (χ1v) is 7.42. The molecule has 4 heteroatoms. The van der Waals surface area contributed by atoms with Crippen molar-refractivity contribution < 1.29 is 0 Å². The second-order valence-corrected chi connectivity index (χ2v) is 6.01. The number of nitrogens with zero attached hydrogens (tertiary/aromatic N) is 3. The Labute approximate surface area is 126 Å². The molecular formula is C17H22N4. The van der Waals surface area contributed by atoms with E-state index in [0.717, 1.165) is 17.1 Å². The largest absolute Gasteiger partial charge is 0.343 e. The number of hydrogen-bond donors (Lipinski definition) is 1. The molecule has 1 aromatic rings. The van der Waals surface area contributed by atoms with Crippen LogP contribution >= 0.6 is 0 Å². The van der Waals surface area contributed by atoms with Crippen molar-refractivity contribution in [3.63, 3.8) is 0 Å². The third-order valence-electron chi connectivity index (χ3n) is 4.38. The van der Waals surface area contributed by atoms with Gasteiger partial charge in [0.1, 0.15) is 12.2 Å². The van der Waals surface area contributed by atoms with Gasteiger partial charge >= 0.3 is 0 Å². The summed E-state index contributed by atoms with van der Waals surface area (Å²) in [5.41, 5.74) is 1.98. The average molecular weight is 282 g/mol. The molecule has 1 N–H and O–H groups in total. The fraction of sp³-hybridized carbons (Fsp3) is 0.412. The molecule has 3 unspecified atom stereocenters. The summed E-state index contributed by atoms with van der Waals surface area (Å²) >= 11 is 0. The standard InChI is InChI=1S/C17H22N4/c1-11(2)21(4)16-14-15(16)18-10-19-17(14)20-12(3)13-8-6-5-7-9-13/h5-11,14-16H,3H2,1-2,4H3,(H,18,19,20). The van der Waals surface area contributed by atoms with Gasteiger partial charge in [-0.1, -0.05) is 36.9 Å². The topological polar surface area (TPSA) is 40.0 Å². The van der Waals surface area contributed by atoms with Gasteiger partial charge in [-0.25, -0.2) is 4.99 Å². The summed E-state index contributed by atoms with van der Waals surface area (Å²) < 4.78 is 0. The maximum absolute atomic E-state index is 4.50. The van der Waals surface area contributed by atoms with Gasteiger partial charge < -0.3 is 5.32 Å². The van der Waals surface area contributed by atoms with E-state index in [1.807, 2.05) is 18.2 Å². The van der Waals surface area contributed by atoms with Crippen LogP contribution in [0.25, 0.3) is 5.70 Å². The smallest absolute Gasteiger partial charge is 0.115 e. The molecule has 21 heavy (non-hydrogen) atoms. The molecule has 3 rings (SSSR count). The van der Waals surface area contributed by atoms with Crippen LogP contribution in [0.2, 0.25) is 0 Å². The third kappa shape index (κ3) is 2.63. The van der Waals surface area contributed by atoms with Gasteiger partial charge in [-0.3, -0.25) is 9.89 Å². The van der Waals surface area contributed by atoms with Crippen LogP contribution in [0.15, 0.2) is 46.9 Å². The minimum atomic E-state index is 0.334. The lowest BCUT2D eigenvalue weighted by Gasteiger charge is -2.21. The number of likely N-dealkylation sites (N-methyl/N-ethyl adjacent to an activating group) is 1. The molecule has 1 fully saturated rings. The number of nitrogens with one attached hydrogen (secondary N) is 1. The fourth-order valence-corrected chi connectivity index (χ4v) is 2.86. The van der Waals surface area contributed by atoms with E-state index in [9.17, 15) is 0 Å². The summed E-state index contributed by atoms with van der Waals surface area (Å²) in [7, 11) is 2.16. The Kier molecular flexibility index (Phi) is 3.64. The van der Waals surface area contributed by atoms with Crippen LogP contribution in [0.1, 0.15) is 19.4 Å². The lowest BCUT2D eigenvalue weighted by Crippen LogP contribution is -2.33. The number of aliphatic imine (C=N–C) groups is 2. The summed E-state index contributed by atoms with van der Waals surface area (Å²) in [6.07, 6.45) is 1.68. The maximum atomic E-state index is 4.50. The van der Waals surface area contributed by atoms with E-state index in [0.29, 0.717) is 24.0 Å². The van der Waals surface area contributed by atoms with Gasteiger partial charge in [0, 0.05) is 17.8 Å². The Morgan fingerprint density at radius 3 is 2.67 bits per heavy atom. The van der Waals surface area contributed by atoms with Crippen LogP contribution in [0.3, 0.4) is 0 Å². The molecule has 110 valence electrons. The molecule has 0 amide bonds. The maximum Gasteiger partial charge on any atom is 0.115 e. The van der Waals surface area contributed by atoms with E-state index in [1.54, 1.807) is 6.34 Å². The summed E-state index contributed by atoms with van der Waals surface area (Å²) in [6.45, 7) is 8.55. The van der Waals surface area contributed by atoms with E-state index >= 15 is 0 Å². The van der Waals surface area contributed by atoms with Gasteiger partial charge in [0.2, 0.25) is 0 Å². The Bertz CT molecular complexity index is 588. The molecule has 4 nitrogen and oxygen atoms in total. The number of fused-ring (bicyclic) bond motifs is 1. The monoisotopic (exact) mass is 282 g/mol. The van der Waals surface area contributed by atoms with E-state index in [-0.39, 0.29) is 0 Å². The molecule has 1 heterocycles. The summed E-state index contributed by atoms with van der Waals surface area (Å²) in [5.74, 6) is 1.35. The zero-order valence-corrected chi connectivity index (χ0v) is 12.8. The van der Waals surface area contributed by atoms with Crippen LogP contribution in [0.5, 0.6) is 0 Å². The predicted octanol–water partition coefficient (Wildman–Crippen LogP) is 2.39. The second kappa shape index (κ2) is 5.45. The highest BCUT2D eigenvalue weighted by Crippen LogP contribution is 2.41. The van der Waals surface area contributed by atoms with Crippen molar-refractivity contribution in [1.82, 2.24) is 10.2 Å². The van der Waals surface area contributed by atoms with Crippen LogP contribution in [0, 0.1) is 5.92 Å². The molecule has 2 aliphatic rings. The number of benzene rings is 1. The molecule has 0 aromatic heterocycles. The van der Waals surface area contributed by atoms with Gasteiger partial charge in [-0.2, -0.15) is 0 Å². The zero-order chi connectivity index (χ0) is 15.0. The average Bonchev–Trinajstić information content (AvgIpc) is 3.22.